The van der Waals surface area contributed by atoms with E-state index in [1.807, 2.05) is 0 Å². The van der Waals surface area contributed by atoms with E-state index in [9.17, 15) is 28.2 Å². The van der Waals surface area contributed by atoms with Crippen LogP contribution in [0.3, 0.4) is 0 Å². The van der Waals surface area contributed by atoms with E-state index < -0.39 is 21.7 Å². The smallest absolute Gasteiger partial charge is 0.271 e. The molecule has 0 saturated heterocycles. The van der Waals surface area contributed by atoms with Gasteiger partial charge in [-0.1, -0.05) is 24.3 Å². The molecule has 0 heterocycles. The third-order valence-electron chi connectivity index (χ3n) is 5.47. The number of phenols is 2. The normalized spacial score (nSPS) is 11.5. The number of phenolic OH excluding ortho intramolecular Hbond substituents is 2. The second-order valence-corrected chi connectivity index (χ2v) is 10.0. The molecule has 2 amide bonds. The Kier molecular flexibility index (Phi) is 8.12. The molecule has 4 aromatic carbocycles. The minimum absolute atomic E-state index is 0.0106. The highest BCUT2D eigenvalue weighted by Crippen LogP contribution is 2.22. The molecule has 0 atom stereocenters. The van der Waals surface area contributed by atoms with Crippen LogP contribution >= 0.6 is 0 Å². The first-order chi connectivity index (χ1) is 18.8. The number of sulfone groups is 1. The number of carbonyl (C=O) groups excluding carboxylic acids is 2. The molecule has 0 aliphatic carbocycles. The van der Waals surface area contributed by atoms with Crippen LogP contribution in [-0.4, -0.2) is 42.9 Å². The Morgan fingerprint density at radius 2 is 0.949 bits per heavy atom. The summed E-state index contributed by atoms with van der Waals surface area (Å²) in [7, 11) is -3.92. The summed E-state index contributed by atoms with van der Waals surface area (Å²) in [5.41, 5.74) is 5.83. The number of nitrogens with one attached hydrogen (secondary N) is 2. The SMILES string of the molecule is O=C(N/N=C\c1ccccc1O)c1ccc(S(=O)(=O)c2ccc(C(=O)N/N=C\c3ccccc3O)cc2)cc1. The number of amides is 2. The largest absolute Gasteiger partial charge is 0.507 e. The maximum absolute atomic E-state index is 13.0. The number of hydrogen-bond donors (Lipinski definition) is 4. The lowest BCUT2D eigenvalue weighted by Gasteiger charge is -2.07. The molecular weight excluding hydrogens is 520 g/mol. The van der Waals surface area contributed by atoms with E-state index in [1.54, 1.807) is 36.4 Å². The van der Waals surface area contributed by atoms with Crippen molar-refractivity contribution in [1.82, 2.24) is 10.9 Å². The Labute approximate surface area is 223 Å². The Hall–Kier alpha value is -5.29. The molecule has 0 fully saturated rings. The topological polar surface area (TPSA) is 158 Å². The van der Waals surface area contributed by atoms with Crippen LogP contribution in [0.4, 0.5) is 0 Å². The van der Waals surface area contributed by atoms with Crippen molar-refractivity contribution in [3.63, 3.8) is 0 Å². The number of aromatic hydroxyl groups is 2. The van der Waals surface area contributed by atoms with Crippen LogP contribution in [0.25, 0.3) is 0 Å². The highest BCUT2D eigenvalue weighted by atomic mass is 32.2. The zero-order chi connectivity index (χ0) is 27.8. The molecule has 0 aliphatic rings. The van der Waals surface area contributed by atoms with Crippen LogP contribution in [0.1, 0.15) is 31.8 Å². The van der Waals surface area contributed by atoms with Gasteiger partial charge in [-0.3, -0.25) is 9.59 Å². The van der Waals surface area contributed by atoms with E-state index in [-0.39, 0.29) is 32.4 Å². The molecule has 0 saturated carbocycles. The fourth-order valence-corrected chi connectivity index (χ4v) is 4.61. The van der Waals surface area contributed by atoms with Gasteiger partial charge in [-0.2, -0.15) is 10.2 Å². The monoisotopic (exact) mass is 542 g/mol. The Morgan fingerprint density at radius 3 is 1.31 bits per heavy atom. The van der Waals surface area contributed by atoms with Gasteiger partial charge in [-0.05, 0) is 72.8 Å². The van der Waals surface area contributed by atoms with E-state index in [2.05, 4.69) is 21.1 Å². The van der Waals surface area contributed by atoms with Crippen LogP contribution in [0.15, 0.2) is 117 Å². The predicted octanol–water partition coefficient (Wildman–Crippen LogP) is 3.46. The van der Waals surface area contributed by atoms with Crippen molar-refractivity contribution in [2.75, 3.05) is 0 Å². The van der Waals surface area contributed by atoms with Gasteiger partial charge in [0.05, 0.1) is 22.2 Å². The van der Waals surface area contributed by atoms with Gasteiger partial charge in [-0.25, -0.2) is 19.3 Å². The first-order valence-electron chi connectivity index (χ1n) is 11.4. The molecule has 0 aliphatic heterocycles. The van der Waals surface area contributed by atoms with E-state index >= 15 is 0 Å². The molecule has 4 rings (SSSR count). The highest BCUT2D eigenvalue weighted by Gasteiger charge is 2.19. The van der Waals surface area contributed by atoms with Gasteiger partial charge in [0, 0.05) is 22.3 Å². The number of para-hydroxylation sites is 2. The van der Waals surface area contributed by atoms with Crippen molar-refractivity contribution in [3.05, 3.63) is 119 Å². The molecule has 39 heavy (non-hydrogen) atoms. The summed E-state index contributed by atoms with van der Waals surface area (Å²) < 4.78 is 26.0. The number of hydrogen-bond acceptors (Lipinski definition) is 8. The van der Waals surface area contributed by atoms with Gasteiger partial charge in [0.2, 0.25) is 9.84 Å². The Bertz CT molecular complexity index is 1550. The number of rotatable bonds is 8. The fourth-order valence-electron chi connectivity index (χ4n) is 3.35. The Morgan fingerprint density at radius 1 is 0.590 bits per heavy atom. The van der Waals surface area contributed by atoms with Crippen LogP contribution in [0.2, 0.25) is 0 Å². The van der Waals surface area contributed by atoms with E-state index in [1.165, 1.54) is 73.1 Å². The summed E-state index contributed by atoms with van der Waals surface area (Å²) in [4.78, 5) is 24.6. The summed E-state index contributed by atoms with van der Waals surface area (Å²) in [5.74, 6) is -1.11. The van der Waals surface area contributed by atoms with Gasteiger partial charge in [0.15, 0.2) is 0 Å². The summed E-state index contributed by atoms with van der Waals surface area (Å²) in [6.45, 7) is 0. The number of nitrogens with zero attached hydrogens (tertiary/aromatic N) is 2. The molecule has 196 valence electrons. The van der Waals surface area contributed by atoms with Gasteiger partial charge < -0.3 is 10.2 Å². The maximum Gasteiger partial charge on any atom is 0.271 e. The molecule has 0 aromatic heterocycles. The first-order valence-corrected chi connectivity index (χ1v) is 12.9. The van der Waals surface area contributed by atoms with E-state index in [0.29, 0.717) is 11.1 Å². The van der Waals surface area contributed by atoms with Gasteiger partial charge in [0.1, 0.15) is 11.5 Å². The zero-order valence-electron chi connectivity index (χ0n) is 20.2. The average Bonchev–Trinajstić information content (AvgIpc) is 2.95. The maximum atomic E-state index is 13.0. The van der Waals surface area contributed by atoms with Crippen LogP contribution in [0, 0.1) is 0 Å². The summed E-state index contributed by atoms with van der Waals surface area (Å²) >= 11 is 0. The van der Waals surface area contributed by atoms with Crippen molar-refractivity contribution in [2.24, 2.45) is 10.2 Å². The molecular formula is C28H22N4O6S. The standard InChI is InChI=1S/C28H22N4O6S/c33-25-7-3-1-5-21(25)17-29-31-27(35)19-9-13-23(14-10-19)39(37,38)24-15-11-20(12-16-24)28(36)32-30-18-22-6-2-4-8-26(22)34/h1-18,33-34H,(H,31,35)(H,32,36)/b29-17-,30-18-. The molecule has 4 N–H and O–H groups in total. The summed E-state index contributed by atoms with van der Waals surface area (Å²) in [5, 5.41) is 27.1. The summed E-state index contributed by atoms with van der Waals surface area (Å²) in [6, 6.07) is 23.5. The van der Waals surface area contributed by atoms with Crippen LogP contribution in [0.5, 0.6) is 11.5 Å². The first kappa shape index (κ1) is 26.8. The molecule has 0 radical (unpaired) electrons. The van der Waals surface area contributed by atoms with Gasteiger partial charge in [-0.15, -0.1) is 0 Å². The van der Waals surface area contributed by atoms with Gasteiger partial charge in [0.25, 0.3) is 11.8 Å². The van der Waals surface area contributed by atoms with Crippen molar-refractivity contribution >= 4 is 34.1 Å². The lowest BCUT2D eigenvalue weighted by molar-refractivity contribution is 0.0947. The van der Waals surface area contributed by atoms with Crippen molar-refractivity contribution in [1.29, 1.82) is 0 Å². The fraction of sp³-hybridized carbons (Fsp3) is 0. The molecule has 11 heteroatoms. The molecule has 0 spiro atoms. The van der Waals surface area contributed by atoms with E-state index in [0.717, 1.165) is 0 Å². The highest BCUT2D eigenvalue weighted by molar-refractivity contribution is 7.91. The van der Waals surface area contributed by atoms with Crippen LogP contribution in [-0.2, 0) is 9.84 Å². The van der Waals surface area contributed by atoms with Crippen molar-refractivity contribution in [3.8, 4) is 11.5 Å². The lowest BCUT2D eigenvalue weighted by Crippen LogP contribution is -2.18. The van der Waals surface area contributed by atoms with Crippen molar-refractivity contribution in [2.45, 2.75) is 9.79 Å². The second kappa shape index (κ2) is 11.8. The lowest BCUT2D eigenvalue weighted by atomic mass is 10.2. The zero-order valence-corrected chi connectivity index (χ0v) is 21.0. The predicted molar refractivity (Wildman–Crippen MR) is 145 cm³/mol. The van der Waals surface area contributed by atoms with Crippen LogP contribution < -0.4 is 10.9 Å². The summed E-state index contributed by atoms with van der Waals surface area (Å²) in [6.07, 6.45) is 2.58. The third kappa shape index (κ3) is 6.53. The minimum Gasteiger partial charge on any atom is -0.507 e. The number of hydrazone groups is 2. The molecule has 0 unspecified atom stereocenters. The van der Waals surface area contributed by atoms with Gasteiger partial charge >= 0.3 is 0 Å². The third-order valence-corrected chi connectivity index (χ3v) is 7.25. The Balaban J connectivity index is 1.39. The molecule has 0 bridgehead atoms. The van der Waals surface area contributed by atoms with E-state index in [4.69, 9.17) is 0 Å². The van der Waals surface area contributed by atoms with Crippen molar-refractivity contribution < 1.29 is 28.2 Å². The molecule has 4 aromatic rings. The average molecular weight is 543 g/mol. The number of benzene rings is 4. The second-order valence-electron chi connectivity index (χ2n) is 8.07. The minimum atomic E-state index is -3.92. The number of carbonyl (C=O) groups is 2. The quantitative estimate of drug-likeness (QED) is 0.197. The molecule has 10 nitrogen and oxygen atoms in total.